The molecule has 2 aliphatic rings. The molecule has 2 fully saturated rings. The Kier molecular flexibility index (Phi) is 14.4. The van der Waals surface area contributed by atoms with Gasteiger partial charge >= 0.3 is 6.09 Å². The average molecular weight is 859 g/mol. The Hall–Kier alpha value is -6.23. The van der Waals surface area contributed by atoms with E-state index in [0.717, 1.165) is 109 Å². The van der Waals surface area contributed by atoms with Crippen molar-refractivity contribution in [3.8, 4) is 33.8 Å². The first-order valence-electron chi connectivity index (χ1n) is 21.5. The molecule has 16 nitrogen and oxygen atoms in total. The van der Waals surface area contributed by atoms with E-state index in [1.807, 2.05) is 69.3 Å². The smallest absolute Gasteiger partial charge is 0.407 e. The number of carbonyl (C=O) groups is 1. The van der Waals surface area contributed by atoms with Gasteiger partial charge in [-0.15, -0.1) is 0 Å². The van der Waals surface area contributed by atoms with Gasteiger partial charge in [-0.2, -0.15) is 0 Å². The van der Waals surface area contributed by atoms with Crippen molar-refractivity contribution in [2.75, 3.05) is 53.5 Å². The van der Waals surface area contributed by atoms with Crippen LogP contribution in [0.25, 0.3) is 44.3 Å². The van der Waals surface area contributed by atoms with Gasteiger partial charge in [-0.1, -0.05) is 0 Å². The number of hydrogen-bond donors (Lipinski definition) is 2. The SMILES string of the molecule is COc1cc(-c2ccncc2)c2ncc(=O)n(CCN3CCC(N)CC3)c2c1.COc1cc(-c2ccncc2)c2ncc(=O)n(CCN3CCC(NC(=O)OC(C)(C)C)CC3)c2c1. The topological polar surface area (TPSA) is 185 Å². The van der Waals surface area contributed by atoms with Gasteiger partial charge in [0, 0.05) is 99.4 Å². The summed E-state index contributed by atoms with van der Waals surface area (Å²) in [5.41, 5.74) is 12.1. The lowest BCUT2D eigenvalue weighted by molar-refractivity contribution is 0.0478. The molecule has 6 aromatic rings. The zero-order valence-corrected chi connectivity index (χ0v) is 36.8. The molecule has 4 aromatic heterocycles. The second-order valence-electron chi connectivity index (χ2n) is 17.0. The quantitative estimate of drug-likeness (QED) is 0.170. The lowest BCUT2D eigenvalue weighted by atomic mass is 10.0. The molecule has 63 heavy (non-hydrogen) atoms. The number of ether oxygens (including phenoxy) is 3. The van der Waals surface area contributed by atoms with Crippen LogP contribution in [0.15, 0.2) is 95.3 Å². The van der Waals surface area contributed by atoms with Crippen LogP contribution in [0.1, 0.15) is 46.5 Å². The van der Waals surface area contributed by atoms with Gasteiger partial charge in [0.15, 0.2) is 0 Å². The minimum absolute atomic E-state index is 0.0951. The van der Waals surface area contributed by atoms with E-state index in [1.54, 1.807) is 48.1 Å². The number of nitrogens with one attached hydrogen (secondary N) is 1. The number of nitrogens with zero attached hydrogens (tertiary/aromatic N) is 8. The van der Waals surface area contributed by atoms with E-state index < -0.39 is 5.60 Å². The number of aromatic nitrogens is 6. The number of alkyl carbamates (subject to hydrolysis) is 1. The van der Waals surface area contributed by atoms with Crippen molar-refractivity contribution >= 4 is 28.2 Å². The highest BCUT2D eigenvalue weighted by atomic mass is 16.6. The van der Waals surface area contributed by atoms with Gasteiger partial charge in [-0.05, 0) is 107 Å². The van der Waals surface area contributed by atoms with Gasteiger partial charge in [-0.25, -0.2) is 14.8 Å². The summed E-state index contributed by atoms with van der Waals surface area (Å²) in [6, 6.07) is 15.7. The third-order valence-corrected chi connectivity index (χ3v) is 11.5. The Bertz CT molecular complexity index is 2600. The molecule has 2 aromatic carbocycles. The summed E-state index contributed by atoms with van der Waals surface area (Å²) >= 11 is 0. The summed E-state index contributed by atoms with van der Waals surface area (Å²) in [4.78, 5) is 59.3. The molecule has 0 saturated carbocycles. The molecule has 2 saturated heterocycles. The van der Waals surface area contributed by atoms with Gasteiger partial charge in [0.1, 0.15) is 17.1 Å². The first kappa shape index (κ1) is 44.8. The van der Waals surface area contributed by atoms with E-state index in [9.17, 15) is 14.4 Å². The summed E-state index contributed by atoms with van der Waals surface area (Å²) < 4.78 is 20.0. The monoisotopic (exact) mass is 858 g/mol. The van der Waals surface area contributed by atoms with Crippen LogP contribution in [-0.4, -0.2) is 116 Å². The third kappa shape index (κ3) is 11.4. The predicted molar refractivity (Wildman–Crippen MR) is 244 cm³/mol. The fraction of sp³-hybridized carbons (Fsp3) is 0.426. The lowest BCUT2D eigenvalue weighted by Gasteiger charge is -2.33. The third-order valence-electron chi connectivity index (χ3n) is 11.5. The number of carbonyl (C=O) groups excluding carboxylic acids is 1. The minimum Gasteiger partial charge on any atom is -0.497 e. The van der Waals surface area contributed by atoms with E-state index in [0.29, 0.717) is 30.6 Å². The van der Waals surface area contributed by atoms with Crippen molar-refractivity contribution in [2.24, 2.45) is 5.73 Å². The molecule has 0 aliphatic carbocycles. The number of amides is 1. The highest BCUT2D eigenvalue weighted by Gasteiger charge is 2.24. The number of benzene rings is 2. The summed E-state index contributed by atoms with van der Waals surface area (Å²) in [7, 11) is 3.25. The first-order valence-corrected chi connectivity index (χ1v) is 21.5. The van der Waals surface area contributed by atoms with Crippen molar-refractivity contribution in [1.82, 2.24) is 44.2 Å². The molecule has 0 unspecified atom stereocenters. The Morgan fingerprint density at radius 2 is 1.11 bits per heavy atom. The second-order valence-corrected chi connectivity index (χ2v) is 17.0. The van der Waals surface area contributed by atoms with Crippen LogP contribution in [0.2, 0.25) is 0 Å². The molecular formula is C47H58N10O6. The van der Waals surface area contributed by atoms with Gasteiger partial charge < -0.3 is 44.2 Å². The number of methoxy groups -OCH3 is 2. The zero-order chi connectivity index (χ0) is 44.5. The molecule has 0 bridgehead atoms. The number of likely N-dealkylation sites (tertiary alicyclic amines) is 2. The number of nitrogens with two attached hydrogens (primary N) is 1. The number of fused-ring (bicyclic) bond motifs is 2. The van der Waals surface area contributed by atoms with Crippen LogP contribution < -0.4 is 31.6 Å². The van der Waals surface area contributed by atoms with Crippen molar-refractivity contribution in [2.45, 2.75) is 77.2 Å². The largest absolute Gasteiger partial charge is 0.497 e. The van der Waals surface area contributed by atoms with Crippen molar-refractivity contribution in [1.29, 1.82) is 0 Å². The zero-order valence-electron chi connectivity index (χ0n) is 36.8. The van der Waals surface area contributed by atoms with E-state index in [4.69, 9.17) is 19.9 Å². The predicted octanol–water partition coefficient (Wildman–Crippen LogP) is 5.35. The Morgan fingerprint density at radius 3 is 1.52 bits per heavy atom. The van der Waals surface area contributed by atoms with Crippen LogP contribution in [0.3, 0.4) is 0 Å². The number of piperidine rings is 2. The van der Waals surface area contributed by atoms with Crippen LogP contribution in [-0.2, 0) is 17.8 Å². The van der Waals surface area contributed by atoms with Gasteiger partial charge in [-0.3, -0.25) is 19.6 Å². The highest BCUT2D eigenvalue weighted by Crippen LogP contribution is 2.32. The number of hydrogen-bond acceptors (Lipinski definition) is 13. The molecule has 0 radical (unpaired) electrons. The van der Waals surface area contributed by atoms with Gasteiger partial charge in [0.25, 0.3) is 11.1 Å². The Balaban J connectivity index is 0.000000193. The van der Waals surface area contributed by atoms with E-state index in [1.165, 1.54) is 12.4 Å². The second kappa shape index (κ2) is 20.3. The summed E-state index contributed by atoms with van der Waals surface area (Å²) in [6.07, 6.45) is 13.1. The van der Waals surface area contributed by atoms with Crippen molar-refractivity contribution in [3.63, 3.8) is 0 Å². The molecule has 3 N–H and O–H groups in total. The standard InChI is InChI=1S/C26H33N5O4.C21H25N5O2/c1-26(2,3)35-25(33)29-19-7-11-30(12-8-19)13-14-31-22-16-20(34-4)15-21(18-5-9-27-10-6-18)24(22)28-17-23(31)32;1-28-17-12-18(15-2-6-23-7-3-15)21-19(13-17)26(20(27)14-24-21)11-10-25-8-4-16(22)5-9-25/h5-6,9-10,15-17,19H,7-8,11-14H2,1-4H3,(H,29,33);2-3,6-7,12-14,16H,4-5,8-11,22H2,1H3. The van der Waals surface area contributed by atoms with Crippen LogP contribution in [0, 0.1) is 0 Å². The van der Waals surface area contributed by atoms with Crippen LogP contribution in [0.4, 0.5) is 4.79 Å². The Morgan fingerprint density at radius 1 is 0.683 bits per heavy atom. The summed E-state index contributed by atoms with van der Waals surface area (Å²) in [6.45, 7) is 11.9. The lowest BCUT2D eigenvalue weighted by Crippen LogP contribution is -2.46. The van der Waals surface area contributed by atoms with Crippen LogP contribution >= 0.6 is 0 Å². The van der Waals surface area contributed by atoms with E-state index in [-0.39, 0.29) is 23.3 Å². The molecule has 1 amide bonds. The van der Waals surface area contributed by atoms with Gasteiger partial charge in [0.2, 0.25) is 0 Å². The average Bonchev–Trinajstić information content (AvgIpc) is 3.28. The molecule has 0 spiro atoms. The van der Waals surface area contributed by atoms with Gasteiger partial charge in [0.05, 0.1) is 48.7 Å². The maximum Gasteiger partial charge on any atom is 0.407 e. The highest BCUT2D eigenvalue weighted by molar-refractivity contribution is 5.94. The maximum atomic E-state index is 12.8. The molecule has 0 atom stereocenters. The molecule has 2 aliphatic heterocycles. The van der Waals surface area contributed by atoms with Crippen LogP contribution in [0.5, 0.6) is 11.5 Å². The van der Waals surface area contributed by atoms with Crippen molar-refractivity contribution < 1.29 is 19.0 Å². The Labute approximate surface area is 367 Å². The fourth-order valence-corrected chi connectivity index (χ4v) is 8.12. The van der Waals surface area contributed by atoms with Crippen molar-refractivity contribution in [3.05, 3.63) is 106 Å². The first-order chi connectivity index (χ1) is 30.4. The normalized spacial score (nSPS) is 15.5. The van der Waals surface area contributed by atoms with E-state index >= 15 is 0 Å². The molecular weight excluding hydrogens is 801 g/mol. The number of rotatable bonds is 11. The fourth-order valence-electron chi connectivity index (χ4n) is 8.12. The molecule has 8 rings (SSSR count). The minimum atomic E-state index is -0.509. The molecule has 332 valence electrons. The molecule has 16 heteroatoms. The molecule has 6 heterocycles. The number of pyridine rings is 2. The van der Waals surface area contributed by atoms with E-state index in [2.05, 4.69) is 35.1 Å². The summed E-state index contributed by atoms with van der Waals surface area (Å²) in [5.74, 6) is 1.36. The maximum absolute atomic E-state index is 12.8. The summed E-state index contributed by atoms with van der Waals surface area (Å²) in [5, 5.41) is 2.97.